The third-order valence-corrected chi connectivity index (χ3v) is 6.80. The summed E-state index contributed by atoms with van der Waals surface area (Å²) in [6.07, 6.45) is 7.04. The van der Waals surface area contributed by atoms with Crippen LogP contribution in [0, 0.1) is 5.82 Å². The van der Waals surface area contributed by atoms with Gasteiger partial charge in [0.2, 0.25) is 0 Å². The van der Waals surface area contributed by atoms with Gasteiger partial charge < -0.3 is 5.32 Å². The lowest BCUT2D eigenvalue weighted by molar-refractivity contribution is 0.102. The number of rotatable bonds is 6. The Morgan fingerprint density at radius 3 is 2.74 bits per heavy atom. The molecular weight excluding hydrogens is 433 g/mol. The van der Waals surface area contributed by atoms with Crippen LogP contribution in [0.25, 0.3) is 11.3 Å². The van der Waals surface area contributed by atoms with Gasteiger partial charge in [-0.2, -0.15) is 10.2 Å². The predicted octanol–water partition coefficient (Wildman–Crippen LogP) is 3.99. The number of nitrogens with one attached hydrogen (secondary N) is 1. The zero-order valence-corrected chi connectivity index (χ0v) is 19.1. The van der Waals surface area contributed by atoms with E-state index in [0.29, 0.717) is 34.7 Å². The van der Waals surface area contributed by atoms with Crippen molar-refractivity contribution in [2.75, 3.05) is 18.4 Å². The molecule has 3 aromatic heterocycles. The molecule has 1 N–H and O–H groups in total. The average molecular weight is 460 g/mol. The largest absolute Gasteiger partial charge is 0.306 e. The Morgan fingerprint density at radius 2 is 2.00 bits per heavy atom. The smallest absolute Gasteiger partial charge is 0.262 e. The summed E-state index contributed by atoms with van der Waals surface area (Å²) in [5.74, 6) is 0.414. The third kappa shape index (κ3) is 3.66. The number of anilines is 1. The second-order valence-corrected chi connectivity index (χ2v) is 9.50. The number of carbonyl (C=O) groups is 1. The quantitative estimate of drug-likeness (QED) is 0.472. The van der Waals surface area contributed by atoms with Gasteiger partial charge >= 0.3 is 0 Å². The van der Waals surface area contributed by atoms with Gasteiger partial charge in [0.1, 0.15) is 22.9 Å². The van der Waals surface area contributed by atoms with Crippen molar-refractivity contribution >= 4 is 17.4 Å². The molecule has 4 aromatic rings. The summed E-state index contributed by atoms with van der Waals surface area (Å²) in [5, 5.41) is 11.9. The minimum atomic E-state index is -0.367. The molecule has 1 aromatic carbocycles. The minimum absolute atomic E-state index is 0.242. The van der Waals surface area contributed by atoms with Crippen LogP contribution in [0.15, 0.2) is 48.9 Å². The van der Waals surface area contributed by atoms with E-state index in [1.54, 1.807) is 35.1 Å². The maximum Gasteiger partial charge on any atom is 0.262 e. The van der Waals surface area contributed by atoms with Crippen LogP contribution in [0.1, 0.15) is 60.1 Å². The first-order valence-corrected chi connectivity index (χ1v) is 11.7. The third-order valence-electron chi connectivity index (χ3n) is 6.80. The minimum Gasteiger partial charge on any atom is -0.306 e. The van der Waals surface area contributed by atoms with Crippen LogP contribution in [0.2, 0.25) is 0 Å². The first kappa shape index (κ1) is 21.0. The summed E-state index contributed by atoms with van der Waals surface area (Å²) in [4.78, 5) is 19.8. The van der Waals surface area contributed by atoms with Crippen molar-refractivity contribution in [3.8, 4) is 5.69 Å². The van der Waals surface area contributed by atoms with Crippen molar-refractivity contribution in [2.45, 2.75) is 44.6 Å². The van der Waals surface area contributed by atoms with E-state index in [1.807, 2.05) is 12.1 Å². The van der Waals surface area contributed by atoms with Crippen molar-refractivity contribution in [3.63, 3.8) is 0 Å². The molecule has 9 heteroatoms. The van der Waals surface area contributed by atoms with Gasteiger partial charge in [-0.3, -0.25) is 9.69 Å². The number of benzene rings is 1. The van der Waals surface area contributed by atoms with Crippen LogP contribution >= 0.6 is 0 Å². The first-order chi connectivity index (χ1) is 16.5. The molecule has 8 nitrogen and oxygen atoms in total. The number of amides is 1. The van der Waals surface area contributed by atoms with Gasteiger partial charge in [0.15, 0.2) is 5.65 Å². The zero-order chi connectivity index (χ0) is 23.4. The maximum atomic E-state index is 15.2. The number of halogens is 1. The molecule has 4 heterocycles. The van der Waals surface area contributed by atoms with Crippen molar-refractivity contribution in [3.05, 3.63) is 71.6 Å². The highest BCUT2D eigenvalue weighted by Gasteiger charge is 2.33. The average Bonchev–Trinajstić information content (AvgIpc) is 3.42. The normalized spacial score (nSPS) is 16.8. The molecule has 1 saturated heterocycles. The highest BCUT2D eigenvalue weighted by Crippen LogP contribution is 2.41. The number of carbonyl (C=O) groups excluding carboxylic acids is 1. The molecule has 6 rings (SSSR count). The second-order valence-electron chi connectivity index (χ2n) is 9.50. The van der Waals surface area contributed by atoms with Crippen molar-refractivity contribution in [1.29, 1.82) is 0 Å². The van der Waals surface area contributed by atoms with Gasteiger partial charge in [0.05, 0.1) is 11.9 Å². The monoisotopic (exact) mass is 459 g/mol. The lowest BCUT2D eigenvalue weighted by atomic mass is 9.95. The van der Waals surface area contributed by atoms with Gasteiger partial charge in [-0.05, 0) is 56.4 Å². The summed E-state index contributed by atoms with van der Waals surface area (Å²) in [7, 11) is 0. The molecule has 0 spiro atoms. The highest BCUT2D eigenvalue weighted by molar-refractivity contribution is 6.07. The molecule has 2 fully saturated rings. The van der Waals surface area contributed by atoms with Gasteiger partial charge in [-0.1, -0.05) is 6.07 Å². The Hall–Kier alpha value is -3.59. The Balaban J connectivity index is 1.35. The summed E-state index contributed by atoms with van der Waals surface area (Å²) in [5.41, 5.74) is 2.98. The summed E-state index contributed by atoms with van der Waals surface area (Å²) in [6, 6.07) is 9.38. The van der Waals surface area contributed by atoms with E-state index in [-0.39, 0.29) is 17.6 Å². The van der Waals surface area contributed by atoms with Crippen molar-refractivity contribution in [2.24, 2.45) is 0 Å². The summed E-state index contributed by atoms with van der Waals surface area (Å²) in [6.45, 7) is 6.12. The lowest BCUT2D eigenvalue weighted by Gasteiger charge is -2.41. The molecule has 1 amide bonds. The van der Waals surface area contributed by atoms with Gasteiger partial charge in [-0.25, -0.2) is 18.6 Å². The molecule has 0 radical (unpaired) electrons. The van der Waals surface area contributed by atoms with E-state index in [0.717, 1.165) is 37.2 Å². The predicted molar refractivity (Wildman–Crippen MR) is 126 cm³/mol. The number of hydrogen-bond acceptors (Lipinski definition) is 5. The van der Waals surface area contributed by atoms with Crippen LogP contribution in [-0.2, 0) is 0 Å². The van der Waals surface area contributed by atoms with Gasteiger partial charge in [-0.15, -0.1) is 0 Å². The topological polar surface area (TPSA) is 80.4 Å². The fourth-order valence-corrected chi connectivity index (χ4v) is 4.53. The van der Waals surface area contributed by atoms with Crippen LogP contribution in [0.5, 0.6) is 0 Å². The molecule has 2 aliphatic rings. The Kier molecular flexibility index (Phi) is 4.95. The standard InChI is InChI=1S/C25H26FN7O/c1-15(2)31-13-18(14-31)21-11-23(29-25(34)19-12-28-32-9-3-8-27-24(19)32)33(30-21)22-7-6-17(10-20(22)26)16-4-5-16/h3,6-12,15-16,18H,4-5,13-14H2,1-2H3,(H,29,34). The molecule has 0 bridgehead atoms. The number of nitrogens with zero attached hydrogens (tertiary/aromatic N) is 6. The molecule has 1 aliphatic carbocycles. The first-order valence-electron chi connectivity index (χ1n) is 11.7. The zero-order valence-electron chi connectivity index (χ0n) is 19.1. The van der Waals surface area contributed by atoms with E-state index in [2.05, 4.69) is 34.1 Å². The molecule has 0 atom stereocenters. The van der Waals surface area contributed by atoms with Crippen LogP contribution in [0.3, 0.4) is 0 Å². The SMILES string of the molecule is CC(C)N1CC(c2cc(NC(=O)c3cnn4cccnc34)n(-c3ccc(C4CC4)cc3F)n2)C1. The number of fused-ring (bicyclic) bond motifs is 1. The molecular formula is C25H26FN7O. The maximum absolute atomic E-state index is 15.2. The van der Waals surface area contributed by atoms with E-state index < -0.39 is 0 Å². The molecule has 1 saturated carbocycles. The number of likely N-dealkylation sites (tertiary alicyclic amines) is 1. The van der Waals surface area contributed by atoms with E-state index in [9.17, 15) is 4.79 Å². The summed E-state index contributed by atoms with van der Waals surface area (Å²) >= 11 is 0. The van der Waals surface area contributed by atoms with E-state index >= 15 is 4.39 Å². The fraction of sp³-hybridized carbons (Fsp3) is 0.360. The Morgan fingerprint density at radius 1 is 1.18 bits per heavy atom. The number of aromatic nitrogens is 5. The van der Waals surface area contributed by atoms with Crippen LogP contribution in [0.4, 0.5) is 10.2 Å². The Bertz CT molecular complexity index is 1380. The van der Waals surface area contributed by atoms with Crippen LogP contribution in [-0.4, -0.2) is 54.3 Å². The van der Waals surface area contributed by atoms with Gasteiger partial charge in [0, 0.05) is 43.5 Å². The Labute approximate surface area is 196 Å². The fourth-order valence-electron chi connectivity index (χ4n) is 4.53. The van der Waals surface area contributed by atoms with Gasteiger partial charge in [0.25, 0.3) is 5.91 Å². The molecule has 174 valence electrons. The van der Waals surface area contributed by atoms with Crippen molar-refractivity contribution in [1.82, 2.24) is 29.3 Å². The van der Waals surface area contributed by atoms with E-state index in [4.69, 9.17) is 5.10 Å². The highest BCUT2D eigenvalue weighted by atomic mass is 19.1. The van der Waals surface area contributed by atoms with Crippen LogP contribution < -0.4 is 5.32 Å². The lowest BCUT2D eigenvalue weighted by Crippen LogP contribution is -2.48. The summed E-state index contributed by atoms with van der Waals surface area (Å²) < 4.78 is 18.2. The van der Waals surface area contributed by atoms with Crippen molar-refractivity contribution < 1.29 is 9.18 Å². The second kappa shape index (κ2) is 8.02. The van der Waals surface area contributed by atoms with E-state index in [1.165, 1.54) is 10.9 Å². The molecule has 0 unspecified atom stereocenters. The number of hydrogen-bond donors (Lipinski definition) is 1. The molecule has 1 aliphatic heterocycles. The molecule has 34 heavy (non-hydrogen) atoms.